The molecule has 3 heteroatoms. The van der Waals surface area contributed by atoms with Crippen molar-refractivity contribution in [3.63, 3.8) is 0 Å². The summed E-state index contributed by atoms with van der Waals surface area (Å²) >= 11 is 0. The van der Waals surface area contributed by atoms with Gasteiger partial charge in [-0.2, -0.15) is 5.10 Å². The largest absolute Gasteiger partial charge is 0.377 e. The fraction of sp³-hybridized carbons (Fsp3) is 0.571. The third kappa shape index (κ3) is 4.94. The van der Waals surface area contributed by atoms with Crippen molar-refractivity contribution in [3.05, 3.63) is 53.9 Å². The quantitative estimate of drug-likeness (QED) is 0.628. The molecule has 1 aliphatic carbocycles. The van der Waals surface area contributed by atoms with Gasteiger partial charge in [0.25, 0.3) is 0 Å². The van der Waals surface area contributed by atoms with E-state index in [1.165, 1.54) is 49.7 Å². The Morgan fingerprint density at radius 3 is 2.62 bits per heavy atom. The van der Waals surface area contributed by atoms with Crippen molar-refractivity contribution in [2.45, 2.75) is 65.0 Å². The maximum atomic E-state index is 5.89. The highest BCUT2D eigenvalue weighted by atomic mass is 16.5. The first-order chi connectivity index (χ1) is 11.8. The zero-order valence-corrected chi connectivity index (χ0v) is 14.9. The molecule has 0 bridgehead atoms. The second-order valence-electron chi connectivity index (χ2n) is 7.42. The number of aryl methyl sites for hydroxylation is 1. The number of ether oxygens (including phenoxy) is 1. The van der Waals surface area contributed by atoms with Gasteiger partial charge in [0.15, 0.2) is 0 Å². The molecule has 0 spiro atoms. The van der Waals surface area contributed by atoms with Gasteiger partial charge in [-0.15, -0.1) is 0 Å². The van der Waals surface area contributed by atoms with Crippen molar-refractivity contribution >= 4 is 0 Å². The molecule has 2 aromatic rings. The Hall–Kier alpha value is -1.61. The van der Waals surface area contributed by atoms with E-state index in [1.807, 2.05) is 12.3 Å². The van der Waals surface area contributed by atoms with Crippen LogP contribution in [0.2, 0.25) is 0 Å². The van der Waals surface area contributed by atoms with Gasteiger partial charge >= 0.3 is 0 Å². The van der Waals surface area contributed by atoms with E-state index in [4.69, 9.17) is 4.74 Å². The van der Waals surface area contributed by atoms with Gasteiger partial charge in [-0.1, -0.05) is 49.6 Å². The molecule has 0 aliphatic heterocycles. The number of hydrogen-bond acceptors (Lipinski definition) is 2. The molecule has 0 unspecified atom stereocenters. The van der Waals surface area contributed by atoms with E-state index in [1.54, 1.807) is 0 Å². The average Bonchev–Trinajstić information content (AvgIpc) is 3.01. The minimum Gasteiger partial charge on any atom is -0.377 e. The minimum absolute atomic E-state index is 0.423. The molecule has 1 aliphatic rings. The lowest BCUT2D eigenvalue weighted by Gasteiger charge is -2.37. The van der Waals surface area contributed by atoms with Crippen LogP contribution in [0.25, 0.3) is 0 Å². The first-order valence-electron chi connectivity index (χ1n) is 9.37. The summed E-state index contributed by atoms with van der Waals surface area (Å²) in [6, 6.07) is 10.4. The van der Waals surface area contributed by atoms with Crippen LogP contribution >= 0.6 is 0 Å². The van der Waals surface area contributed by atoms with Crippen LogP contribution in [0.3, 0.4) is 0 Å². The Labute approximate surface area is 146 Å². The average molecular weight is 326 g/mol. The minimum atomic E-state index is 0.423. The highest BCUT2D eigenvalue weighted by molar-refractivity contribution is 5.13. The molecule has 130 valence electrons. The SMILES string of the molecule is Cc1cnn(CC2(CCCOCc3ccccc3)CCCCC2)c1. The van der Waals surface area contributed by atoms with E-state index in [-0.39, 0.29) is 0 Å². The van der Waals surface area contributed by atoms with Gasteiger partial charge in [0, 0.05) is 19.3 Å². The number of benzene rings is 1. The summed E-state index contributed by atoms with van der Waals surface area (Å²) in [5.41, 5.74) is 2.94. The predicted octanol–water partition coefficient (Wildman–Crippen LogP) is 5.14. The molecule has 0 amide bonds. The van der Waals surface area contributed by atoms with Crippen molar-refractivity contribution < 1.29 is 4.74 Å². The van der Waals surface area contributed by atoms with Gasteiger partial charge in [0.1, 0.15) is 0 Å². The first-order valence-corrected chi connectivity index (χ1v) is 9.37. The van der Waals surface area contributed by atoms with Crippen LogP contribution in [-0.2, 0) is 17.9 Å². The van der Waals surface area contributed by atoms with Crippen molar-refractivity contribution in [3.8, 4) is 0 Å². The van der Waals surface area contributed by atoms with Crippen LogP contribution < -0.4 is 0 Å². The van der Waals surface area contributed by atoms with Gasteiger partial charge in [-0.3, -0.25) is 4.68 Å². The fourth-order valence-corrected chi connectivity index (χ4v) is 4.00. The summed E-state index contributed by atoms with van der Waals surface area (Å²) in [6.07, 6.45) is 13.4. The third-order valence-corrected chi connectivity index (χ3v) is 5.28. The molecule has 0 N–H and O–H groups in total. The van der Waals surface area contributed by atoms with Gasteiger partial charge in [0.05, 0.1) is 12.8 Å². The summed E-state index contributed by atoms with van der Waals surface area (Å²) in [5, 5.41) is 4.52. The van der Waals surface area contributed by atoms with Crippen molar-refractivity contribution in [1.82, 2.24) is 9.78 Å². The van der Waals surface area contributed by atoms with Gasteiger partial charge < -0.3 is 4.74 Å². The normalized spacial score (nSPS) is 17.0. The predicted molar refractivity (Wildman–Crippen MR) is 97.8 cm³/mol. The molecule has 1 saturated carbocycles. The Balaban J connectivity index is 1.47. The maximum absolute atomic E-state index is 5.89. The lowest BCUT2D eigenvalue weighted by molar-refractivity contribution is 0.0834. The third-order valence-electron chi connectivity index (χ3n) is 5.28. The molecule has 3 rings (SSSR count). The van der Waals surface area contributed by atoms with Crippen molar-refractivity contribution in [2.24, 2.45) is 5.41 Å². The molecule has 1 fully saturated rings. The topological polar surface area (TPSA) is 27.1 Å². The number of nitrogens with zero attached hydrogens (tertiary/aromatic N) is 2. The molecule has 0 atom stereocenters. The van der Waals surface area contributed by atoms with E-state index in [9.17, 15) is 0 Å². The summed E-state index contributed by atoms with van der Waals surface area (Å²) in [7, 11) is 0. The molecule has 24 heavy (non-hydrogen) atoms. The Morgan fingerprint density at radius 2 is 1.92 bits per heavy atom. The van der Waals surface area contributed by atoms with Gasteiger partial charge in [-0.25, -0.2) is 0 Å². The molecule has 1 heterocycles. The molecule has 3 nitrogen and oxygen atoms in total. The van der Waals surface area contributed by atoms with Crippen LogP contribution in [0.4, 0.5) is 0 Å². The molecule has 1 aromatic heterocycles. The van der Waals surface area contributed by atoms with Crippen LogP contribution in [0.5, 0.6) is 0 Å². The lowest BCUT2D eigenvalue weighted by atomic mass is 9.71. The van der Waals surface area contributed by atoms with Crippen molar-refractivity contribution in [2.75, 3.05) is 6.61 Å². The van der Waals surface area contributed by atoms with Crippen LogP contribution in [0, 0.1) is 12.3 Å². The summed E-state index contributed by atoms with van der Waals surface area (Å²) in [6.45, 7) is 4.77. The molecule has 1 aromatic carbocycles. The summed E-state index contributed by atoms with van der Waals surface area (Å²) < 4.78 is 8.05. The molecule has 0 saturated heterocycles. The zero-order valence-electron chi connectivity index (χ0n) is 14.9. The van der Waals surface area contributed by atoms with E-state index in [2.05, 4.69) is 47.2 Å². The molecule has 0 radical (unpaired) electrons. The standard InChI is InChI=1S/C21H30N2O/c1-19-15-22-23(16-19)18-21(11-6-3-7-12-21)13-8-14-24-17-20-9-4-2-5-10-20/h2,4-5,9-10,15-16H,3,6-8,11-14,17-18H2,1H3. The highest BCUT2D eigenvalue weighted by Crippen LogP contribution is 2.41. The smallest absolute Gasteiger partial charge is 0.0716 e. The number of hydrogen-bond donors (Lipinski definition) is 0. The number of aromatic nitrogens is 2. The monoisotopic (exact) mass is 326 g/mol. The molecular formula is C21H30N2O. The van der Waals surface area contributed by atoms with E-state index >= 15 is 0 Å². The second kappa shape index (κ2) is 8.48. The van der Waals surface area contributed by atoms with Gasteiger partial charge in [-0.05, 0) is 49.1 Å². The lowest BCUT2D eigenvalue weighted by Crippen LogP contribution is -2.30. The molecular weight excluding hydrogens is 296 g/mol. The summed E-state index contributed by atoms with van der Waals surface area (Å²) in [4.78, 5) is 0. The first kappa shape index (κ1) is 17.2. The van der Waals surface area contributed by atoms with Gasteiger partial charge in [0.2, 0.25) is 0 Å². The zero-order chi connectivity index (χ0) is 16.7. The van der Waals surface area contributed by atoms with Crippen molar-refractivity contribution in [1.29, 1.82) is 0 Å². The fourth-order valence-electron chi connectivity index (χ4n) is 4.00. The van der Waals surface area contributed by atoms with Crippen LogP contribution in [0.1, 0.15) is 56.1 Å². The highest BCUT2D eigenvalue weighted by Gasteiger charge is 2.32. The number of rotatable bonds is 8. The van der Waals surface area contributed by atoms with Crippen LogP contribution in [-0.4, -0.2) is 16.4 Å². The van der Waals surface area contributed by atoms with E-state index in [0.717, 1.165) is 26.2 Å². The summed E-state index contributed by atoms with van der Waals surface area (Å²) in [5.74, 6) is 0. The van der Waals surface area contributed by atoms with E-state index in [0.29, 0.717) is 5.41 Å². The Morgan fingerprint density at radius 1 is 1.12 bits per heavy atom. The Kier molecular flexibility index (Phi) is 6.08. The van der Waals surface area contributed by atoms with Crippen LogP contribution in [0.15, 0.2) is 42.7 Å². The Bertz CT molecular complexity index is 599. The van der Waals surface area contributed by atoms with E-state index < -0.39 is 0 Å². The maximum Gasteiger partial charge on any atom is 0.0716 e. The second-order valence-corrected chi connectivity index (χ2v) is 7.42.